The topological polar surface area (TPSA) is 23.5 Å². The molecular formula is C16H27NO. The van der Waals surface area contributed by atoms with E-state index in [9.17, 15) is 5.11 Å². The summed E-state index contributed by atoms with van der Waals surface area (Å²) in [7, 11) is 0. The third kappa shape index (κ3) is 4.99. The van der Waals surface area contributed by atoms with Crippen LogP contribution in [-0.2, 0) is 0 Å². The summed E-state index contributed by atoms with van der Waals surface area (Å²) >= 11 is 0. The van der Waals surface area contributed by atoms with Gasteiger partial charge in [0.2, 0.25) is 0 Å². The maximum Gasteiger partial charge on any atom is 0.138 e. The summed E-state index contributed by atoms with van der Waals surface area (Å²) in [5.41, 5.74) is 0.971. The highest BCUT2D eigenvalue weighted by Gasteiger charge is 2.11. The Balaban J connectivity index is 2.73. The molecule has 1 aromatic carbocycles. The second kappa shape index (κ2) is 7.30. The van der Waals surface area contributed by atoms with Crippen LogP contribution >= 0.6 is 0 Å². The Morgan fingerprint density at radius 2 is 1.44 bits per heavy atom. The summed E-state index contributed by atoms with van der Waals surface area (Å²) in [5.74, 6) is 1.78. The summed E-state index contributed by atoms with van der Waals surface area (Å²) in [6.45, 7) is 11.0. The molecule has 1 aromatic rings. The van der Waals surface area contributed by atoms with Crippen molar-refractivity contribution in [2.75, 3.05) is 18.0 Å². The SMILES string of the molecule is CC(C)CCN(CCC(C)C)c1ccccc1O. The smallest absolute Gasteiger partial charge is 0.138 e. The van der Waals surface area contributed by atoms with Crippen LogP contribution in [0.3, 0.4) is 0 Å². The molecule has 0 amide bonds. The van der Waals surface area contributed by atoms with Gasteiger partial charge in [0.1, 0.15) is 5.75 Å². The van der Waals surface area contributed by atoms with E-state index in [2.05, 4.69) is 32.6 Å². The number of phenolic OH excluding ortho intramolecular Hbond substituents is 1. The van der Waals surface area contributed by atoms with E-state index in [1.165, 1.54) is 0 Å². The molecule has 0 aliphatic heterocycles. The number of phenols is 1. The molecule has 0 fully saturated rings. The Labute approximate surface area is 112 Å². The molecule has 0 aliphatic carbocycles. The van der Waals surface area contributed by atoms with E-state index >= 15 is 0 Å². The minimum absolute atomic E-state index is 0.394. The fourth-order valence-electron chi connectivity index (χ4n) is 1.91. The van der Waals surface area contributed by atoms with Crippen molar-refractivity contribution in [3.63, 3.8) is 0 Å². The third-order valence-corrected chi connectivity index (χ3v) is 3.18. The van der Waals surface area contributed by atoms with Crippen LogP contribution in [0, 0.1) is 11.8 Å². The van der Waals surface area contributed by atoms with Crippen molar-refractivity contribution < 1.29 is 5.11 Å². The first-order valence-corrected chi connectivity index (χ1v) is 7.03. The van der Waals surface area contributed by atoms with Gasteiger partial charge in [-0.2, -0.15) is 0 Å². The zero-order valence-corrected chi connectivity index (χ0v) is 12.2. The van der Waals surface area contributed by atoms with Crippen LogP contribution in [0.1, 0.15) is 40.5 Å². The van der Waals surface area contributed by atoms with E-state index in [1.54, 1.807) is 6.07 Å². The second-order valence-electron chi connectivity index (χ2n) is 5.84. The van der Waals surface area contributed by atoms with E-state index in [-0.39, 0.29) is 0 Å². The molecule has 0 atom stereocenters. The molecule has 102 valence electrons. The fraction of sp³-hybridized carbons (Fsp3) is 0.625. The summed E-state index contributed by atoms with van der Waals surface area (Å²) < 4.78 is 0. The number of rotatable bonds is 7. The van der Waals surface area contributed by atoms with Crippen LogP contribution in [-0.4, -0.2) is 18.2 Å². The summed E-state index contributed by atoms with van der Waals surface area (Å²) in [4.78, 5) is 2.31. The minimum atomic E-state index is 0.394. The number of nitrogens with zero attached hydrogens (tertiary/aromatic N) is 1. The Kier molecular flexibility index (Phi) is 6.03. The highest BCUT2D eigenvalue weighted by atomic mass is 16.3. The van der Waals surface area contributed by atoms with Crippen LogP contribution in [0.2, 0.25) is 0 Å². The predicted octanol–water partition coefficient (Wildman–Crippen LogP) is 4.29. The summed E-state index contributed by atoms with van der Waals surface area (Å²) in [5, 5.41) is 9.97. The zero-order chi connectivity index (χ0) is 13.5. The van der Waals surface area contributed by atoms with E-state index in [4.69, 9.17) is 0 Å². The van der Waals surface area contributed by atoms with Crippen molar-refractivity contribution >= 4 is 5.69 Å². The van der Waals surface area contributed by atoms with Crippen LogP contribution in [0.5, 0.6) is 5.75 Å². The Morgan fingerprint density at radius 1 is 0.944 bits per heavy atom. The average Bonchev–Trinajstić information content (AvgIpc) is 2.30. The molecule has 2 heteroatoms. The normalized spacial score (nSPS) is 11.2. The molecule has 0 radical (unpaired) electrons. The van der Waals surface area contributed by atoms with Gasteiger partial charge in [0.15, 0.2) is 0 Å². The van der Waals surface area contributed by atoms with Crippen molar-refractivity contribution in [1.82, 2.24) is 0 Å². The lowest BCUT2D eigenvalue weighted by atomic mass is 10.1. The standard InChI is InChI=1S/C16H27NO/c1-13(2)9-11-17(12-10-14(3)4)15-7-5-6-8-16(15)18/h5-8,13-14,18H,9-12H2,1-4H3. The maximum atomic E-state index is 9.97. The number of anilines is 1. The van der Waals surface area contributed by atoms with Crippen molar-refractivity contribution in [3.05, 3.63) is 24.3 Å². The molecule has 0 saturated heterocycles. The lowest BCUT2D eigenvalue weighted by molar-refractivity contribution is 0.468. The van der Waals surface area contributed by atoms with Crippen LogP contribution in [0.25, 0.3) is 0 Å². The molecule has 0 unspecified atom stereocenters. The van der Waals surface area contributed by atoms with Crippen molar-refractivity contribution in [2.24, 2.45) is 11.8 Å². The molecule has 1 rings (SSSR count). The second-order valence-corrected chi connectivity index (χ2v) is 5.84. The molecule has 0 aliphatic rings. The molecule has 0 bridgehead atoms. The molecule has 0 heterocycles. The van der Waals surface area contributed by atoms with Gasteiger partial charge in [-0.25, -0.2) is 0 Å². The van der Waals surface area contributed by atoms with E-state index in [0.29, 0.717) is 17.6 Å². The first-order chi connectivity index (χ1) is 8.50. The van der Waals surface area contributed by atoms with E-state index in [1.807, 2.05) is 18.2 Å². The predicted molar refractivity (Wildman–Crippen MR) is 79.2 cm³/mol. The lowest BCUT2D eigenvalue weighted by Crippen LogP contribution is -2.27. The van der Waals surface area contributed by atoms with E-state index in [0.717, 1.165) is 31.6 Å². The molecule has 2 nitrogen and oxygen atoms in total. The Bertz CT molecular complexity index is 335. The fourth-order valence-corrected chi connectivity index (χ4v) is 1.91. The number of para-hydroxylation sites is 2. The summed E-state index contributed by atoms with van der Waals surface area (Å²) in [6.07, 6.45) is 2.32. The quantitative estimate of drug-likeness (QED) is 0.779. The maximum absolute atomic E-state index is 9.97. The number of hydrogen-bond donors (Lipinski definition) is 1. The molecule has 0 aromatic heterocycles. The number of hydrogen-bond acceptors (Lipinski definition) is 2. The highest BCUT2D eigenvalue weighted by Crippen LogP contribution is 2.27. The van der Waals surface area contributed by atoms with Crippen LogP contribution in [0.15, 0.2) is 24.3 Å². The number of benzene rings is 1. The first kappa shape index (κ1) is 14.9. The molecule has 0 saturated carbocycles. The van der Waals surface area contributed by atoms with Gasteiger partial charge in [0.25, 0.3) is 0 Å². The van der Waals surface area contributed by atoms with Crippen LogP contribution < -0.4 is 4.90 Å². The van der Waals surface area contributed by atoms with Gasteiger partial charge in [0, 0.05) is 13.1 Å². The van der Waals surface area contributed by atoms with Crippen LogP contribution in [0.4, 0.5) is 5.69 Å². The first-order valence-electron chi connectivity index (χ1n) is 7.03. The van der Waals surface area contributed by atoms with Crippen molar-refractivity contribution in [3.8, 4) is 5.75 Å². The van der Waals surface area contributed by atoms with Gasteiger partial charge in [-0.05, 0) is 36.8 Å². The Hall–Kier alpha value is -1.18. The third-order valence-electron chi connectivity index (χ3n) is 3.18. The molecule has 1 N–H and O–H groups in total. The van der Waals surface area contributed by atoms with E-state index < -0.39 is 0 Å². The summed E-state index contributed by atoms with van der Waals surface area (Å²) in [6, 6.07) is 7.65. The molecular weight excluding hydrogens is 222 g/mol. The zero-order valence-electron chi connectivity index (χ0n) is 12.2. The van der Waals surface area contributed by atoms with Gasteiger partial charge in [-0.1, -0.05) is 39.8 Å². The lowest BCUT2D eigenvalue weighted by Gasteiger charge is -2.27. The van der Waals surface area contributed by atoms with Crippen molar-refractivity contribution in [2.45, 2.75) is 40.5 Å². The highest BCUT2D eigenvalue weighted by molar-refractivity contribution is 5.57. The Morgan fingerprint density at radius 3 is 1.89 bits per heavy atom. The molecule has 0 spiro atoms. The monoisotopic (exact) mass is 249 g/mol. The minimum Gasteiger partial charge on any atom is -0.506 e. The van der Waals surface area contributed by atoms with Gasteiger partial charge in [0.05, 0.1) is 5.69 Å². The van der Waals surface area contributed by atoms with Gasteiger partial charge in [-0.15, -0.1) is 0 Å². The van der Waals surface area contributed by atoms with Gasteiger partial charge in [-0.3, -0.25) is 0 Å². The van der Waals surface area contributed by atoms with Gasteiger partial charge < -0.3 is 10.0 Å². The molecule has 18 heavy (non-hydrogen) atoms. The van der Waals surface area contributed by atoms with Crippen molar-refractivity contribution in [1.29, 1.82) is 0 Å². The average molecular weight is 249 g/mol. The number of aromatic hydroxyl groups is 1. The largest absolute Gasteiger partial charge is 0.506 e. The van der Waals surface area contributed by atoms with Gasteiger partial charge >= 0.3 is 0 Å².